The molecule has 2 aromatic rings. The molecule has 1 amide bonds. The highest BCUT2D eigenvalue weighted by molar-refractivity contribution is 9.10. The van der Waals surface area contributed by atoms with Crippen molar-refractivity contribution in [3.63, 3.8) is 0 Å². The lowest BCUT2D eigenvalue weighted by Gasteiger charge is -2.12. The molecule has 0 radical (unpaired) electrons. The summed E-state index contributed by atoms with van der Waals surface area (Å²) >= 11 is 9.31. The third-order valence-corrected chi connectivity index (χ3v) is 4.83. The van der Waals surface area contributed by atoms with Gasteiger partial charge in [0, 0.05) is 25.0 Å². The van der Waals surface area contributed by atoms with Gasteiger partial charge in [0.25, 0.3) is 0 Å². The van der Waals surface area contributed by atoms with Crippen LogP contribution in [0.3, 0.4) is 0 Å². The molecule has 22 heavy (non-hydrogen) atoms. The van der Waals surface area contributed by atoms with Crippen molar-refractivity contribution in [2.45, 2.75) is 39.8 Å². The number of amides is 1. The minimum absolute atomic E-state index is 0.0747. The Labute approximate surface area is 143 Å². The van der Waals surface area contributed by atoms with Gasteiger partial charge in [-0.05, 0) is 43.1 Å². The molecule has 2 rings (SSSR count). The van der Waals surface area contributed by atoms with E-state index in [0.29, 0.717) is 11.6 Å². The standard InChI is InChI=1S/C14H19BrClN5O/c1-9-13(15)10(2)20(19-9)6-4-5-17-14(22)11(3)21-8-12(16)7-18-21/h7-8,11H,4-6H2,1-3H3,(H,17,22). The number of aryl methyl sites for hydroxylation is 2. The van der Waals surface area contributed by atoms with Gasteiger partial charge in [0.05, 0.1) is 21.4 Å². The summed E-state index contributed by atoms with van der Waals surface area (Å²) in [5.74, 6) is -0.0747. The Kier molecular flexibility index (Phi) is 5.63. The summed E-state index contributed by atoms with van der Waals surface area (Å²) in [5, 5.41) is 11.9. The quantitative estimate of drug-likeness (QED) is 0.774. The largest absolute Gasteiger partial charge is 0.354 e. The summed E-state index contributed by atoms with van der Waals surface area (Å²) in [6.45, 7) is 7.13. The Hall–Kier alpha value is -1.34. The maximum Gasteiger partial charge on any atom is 0.244 e. The van der Waals surface area contributed by atoms with Crippen LogP contribution in [0.25, 0.3) is 0 Å². The SMILES string of the molecule is Cc1nn(CCCNC(=O)C(C)n2cc(Cl)cn2)c(C)c1Br. The van der Waals surface area contributed by atoms with E-state index in [4.69, 9.17) is 11.6 Å². The highest BCUT2D eigenvalue weighted by atomic mass is 79.9. The van der Waals surface area contributed by atoms with E-state index in [1.165, 1.54) is 6.20 Å². The minimum Gasteiger partial charge on any atom is -0.354 e. The van der Waals surface area contributed by atoms with Crippen molar-refractivity contribution < 1.29 is 4.79 Å². The van der Waals surface area contributed by atoms with E-state index in [-0.39, 0.29) is 11.9 Å². The summed E-state index contributed by atoms with van der Waals surface area (Å²) in [6.07, 6.45) is 3.97. The third-order valence-electron chi connectivity index (χ3n) is 3.49. The number of halogens is 2. The number of rotatable bonds is 6. The fourth-order valence-electron chi connectivity index (χ4n) is 2.13. The molecule has 0 saturated heterocycles. The molecule has 2 aromatic heterocycles. The Morgan fingerprint density at radius 2 is 2.23 bits per heavy atom. The number of carbonyl (C=O) groups excluding carboxylic acids is 1. The van der Waals surface area contributed by atoms with Crippen LogP contribution in [0.4, 0.5) is 0 Å². The molecule has 0 spiro atoms. The lowest BCUT2D eigenvalue weighted by atomic mass is 10.3. The molecular formula is C14H19BrClN5O. The van der Waals surface area contributed by atoms with Crippen molar-refractivity contribution in [1.82, 2.24) is 24.9 Å². The zero-order chi connectivity index (χ0) is 16.3. The van der Waals surface area contributed by atoms with Crippen molar-refractivity contribution in [3.8, 4) is 0 Å². The molecule has 0 fully saturated rings. The number of nitrogens with zero attached hydrogens (tertiary/aromatic N) is 4. The molecule has 120 valence electrons. The van der Waals surface area contributed by atoms with Crippen LogP contribution in [-0.2, 0) is 11.3 Å². The monoisotopic (exact) mass is 387 g/mol. The summed E-state index contributed by atoms with van der Waals surface area (Å²) in [5.41, 5.74) is 2.08. The number of hydrogen-bond acceptors (Lipinski definition) is 3. The van der Waals surface area contributed by atoms with E-state index in [9.17, 15) is 4.79 Å². The molecule has 2 heterocycles. The first-order valence-corrected chi connectivity index (χ1v) is 8.24. The first kappa shape index (κ1) is 17.0. The van der Waals surface area contributed by atoms with E-state index in [1.807, 2.05) is 18.5 Å². The normalized spacial score (nSPS) is 12.4. The maximum absolute atomic E-state index is 12.0. The van der Waals surface area contributed by atoms with Crippen LogP contribution in [-0.4, -0.2) is 32.0 Å². The van der Waals surface area contributed by atoms with Crippen molar-refractivity contribution in [2.75, 3.05) is 6.54 Å². The van der Waals surface area contributed by atoms with Gasteiger partial charge in [-0.1, -0.05) is 11.6 Å². The van der Waals surface area contributed by atoms with Crippen LogP contribution >= 0.6 is 27.5 Å². The molecule has 0 aromatic carbocycles. The van der Waals surface area contributed by atoms with Crippen molar-refractivity contribution in [2.24, 2.45) is 0 Å². The number of carbonyl (C=O) groups is 1. The molecule has 1 unspecified atom stereocenters. The first-order valence-electron chi connectivity index (χ1n) is 7.07. The van der Waals surface area contributed by atoms with Crippen molar-refractivity contribution in [3.05, 3.63) is 33.3 Å². The minimum atomic E-state index is -0.379. The fourth-order valence-corrected chi connectivity index (χ4v) is 2.56. The Balaban J connectivity index is 1.78. The molecule has 0 aliphatic heterocycles. The first-order chi connectivity index (χ1) is 10.4. The summed E-state index contributed by atoms with van der Waals surface area (Å²) in [6, 6.07) is -0.379. The number of aromatic nitrogens is 4. The van der Waals surface area contributed by atoms with Crippen LogP contribution in [0.15, 0.2) is 16.9 Å². The summed E-state index contributed by atoms with van der Waals surface area (Å²) in [7, 11) is 0. The molecule has 0 aliphatic carbocycles. The fraction of sp³-hybridized carbons (Fsp3) is 0.500. The smallest absolute Gasteiger partial charge is 0.244 e. The predicted molar refractivity (Wildman–Crippen MR) is 89.0 cm³/mol. The van der Waals surface area contributed by atoms with Crippen LogP contribution in [0.5, 0.6) is 0 Å². The van der Waals surface area contributed by atoms with Crippen LogP contribution in [0.2, 0.25) is 5.02 Å². The molecule has 0 saturated carbocycles. The number of hydrogen-bond donors (Lipinski definition) is 1. The summed E-state index contributed by atoms with van der Waals surface area (Å²) in [4.78, 5) is 12.0. The molecule has 0 aliphatic rings. The lowest BCUT2D eigenvalue weighted by molar-refractivity contribution is -0.124. The van der Waals surface area contributed by atoms with Crippen LogP contribution < -0.4 is 5.32 Å². The van der Waals surface area contributed by atoms with Gasteiger partial charge in [0.1, 0.15) is 6.04 Å². The predicted octanol–water partition coefficient (Wildman–Crippen LogP) is 2.88. The van der Waals surface area contributed by atoms with Gasteiger partial charge >= 0.3 is 0 Å². The van der Waals surface area contributed by atoms with Gasteiger partial charge in [0.2, 0.25) is 5.91 Å². The van der Waals surface area contributed by atoms with Gasteiger partial charge in [-0.15, -0.1) is 0 Å². The topological polar surface area (TPSA) is 64.7 Å². The van der Waals surface area contributed by atoms with Crippen molar-refractivity contribution >= 4 is 33.4 Å². The number of nitrogens with one attached hydrogen (secondary N) is 1. The van der Waals surface area contributed by atoms with Crippen LogP contribution in [0, 0.1) is 13.8 Å². The van der Waals surface area contributed by atoms with Gasteiger partial charge < -0.3 is 5.32 Å². The molecule has 0 bridgehead atoms. The van der Waals surface area contributed by atoms with E-state index in [0.717, 1.165) is 28.8 Å². The highest BCUT2D eigenvalue weighted by Gasteiger charge is 2.15. The molecule has 6 nitrogen and oxygen atoms in total. The van der Waals surface area contributed by atoms with Gasteiger partial charge in [-0.2, -0.15) is 10.2 Å². The lowest BCUT2D eigenvalue weighted by Crippen LogP contribution is -2.32. The zero-order valence-electron chi connectivity index (χ0n) is 12.8. The Bertz CT molecular complexity index is 666. The van der Waals surface area contributed by atoms with Crippen LogP contribution in [0.1, 0.15) is 30.8 Å². The zero-order valence-corrected chi connectivity index (χ0v) is 15.1. The second-order valence-corrected chi connectivity index (χ2v) is 6.40. The average Bonchev–Trinajstić information content (AvgIpc) is 3.02. The second kappa shape index (κ2) is 7.28. The maximum atomic E-state index is 12.0. The third kappa shape index (κ3) is 3.89. The van der Waals surface area contributed by atoms with Gasteiger partial charge in [-0.25, -0.2) is 0 Å². The van der Waals surface area contributed by atoms with E-state index in [2.05, 4.69) is 31.4 Å². The second-order valence-electron chi connectivity index (χ2n) is 5.17. The van der Waals surface area contributed by atoms with E-state index >= 15 is 0 Å². The highest BCUT2D eigenvalue weighted by Crippen LogP contribution is 2.19. The molecule has 8 heteroatoms. The van der Waals surface area contributed by atoms with Gasteiger partial charge in [-0.3, -0.25) is 14.2 Å². The van der Waals surface area contributed by atoms with Gasteiger partial charge in [0.15, 0.2) is 0 Å². The molecule has 1 N–H and O–H groups in total. The van der Waals surface area contributed by atoms with E-state index in [1.54, 1.807) is 17.8 Å². The molecule has 1 atom stereocenters. The average molecular weight is 389 g/mol. The molecular weight excluding hydrogens is 370 g/mol. The summed E-state index contributed by atoms with van der Waals surface area (Å²) < 4.78 is 4.54. The van der Waals surface area contributed by atoms with E-state index < -0.39 is 0 Å². The van der Waals surface area contributed by atoms with Crippen molar-refractivity contribution in [1.29, 1.82) is 0 Å². The Morgan fingerprint density at radius 1 is 1.50 bits per heavy atom. The Morgan fingerprint density at radius 3 is 2.77 bits per heavy atom.